The van der Waals surface area contributed by atoms with E-state index in [4.69, 9.17) is 8.94 Å². The Kier molecular flexibility index (Phi) is 6.68. The molecule has 0 atom stereocenters. The number of carbonyl (C=O) groups excluding carboxylic acids is 2. The predicted molar refractivity (Wildman–Crippen MR) is 129 cm³/mol. The fraction of sp³-hybridized carbons (Fsp3) is 0.292. The molecule has 35 heavy (non-hydrogen) atoms. The van der Waals surface area contributed by atoms with Gasteiger partial charge < -0.3 is 13.8 Å². The van der Waals surface area contributed by atoms with Crippen molar-refractivity contribution in [2.75, 3.05) is 31.5 Å². The smallest absolute Gasteiger partial charge is 0.293 e. The van der Waals surface area contributed by atoms with Gasteiger partial charge in [-0.2, -0.15) is 4.98 Å². The van der Waals surface area contributed by atoms with Crippen molar-refractivity contribution in [2.45, 2.75) is 19.9 Å². The van der Waals surface area contributed by atoms with Crippen molar-refractivity contribution >= 4 is 28.3 Å². The number of thiazole rings is 1. The first-order valence-corrected chi connectivity index (χ1v) is 12.1. The molecule has 1 aliphatic rings. The van der Waals surface area contributed by atoms with Gasteiger partial charge in [0.1, 0.15) is 0 Å². The molecule has 4 aromatic rings. The molecule has 2 amide bonds. The first kappa shape index (κ1) is 22.9. The number of carbonyl (C=O) groups is 2. The fourth-order valence-corrected chi connectivity index (χ4v) is 4.47. The molecule has 1 aliphatic heterocycles. The number of hydrogen-bond acceptors (Lipinski definition) is 9. The lowest BCUT2D eigenvalue weighted by Crippen LogP contribution is -2.48. The van der Waals surface area contributed by atoms with Gasteiger partial charge in [-0.3, -0.25) is 19.8 Å². The molecule has 11 heteroatoms. The molecule has 3 aromatic heterocycles. The van der Waals surface area contributed by atoms with Crippen LogP contribution >= 0.6 is 11.3 Å². The second-order valence-electron chi connectivity index (χ2n) is 8.29. The van der Waals surface area contributed by atoms with E-state index in [9.17, 15) is 9.59 Å². The molecule has 4 heterocycles. The minimum atomic E-state index is -0.370. The Balaban J connectivity index is 1.09. The van der Waals surface area contributed by atoms with Crippen LogP contribution in [0.2, 0.25) is 0 Å². The number of rotatable bonds is 7. The number of aromatic nitrogens is 3. The van der Waals surface area contributed by atoms with E-state index in [1.165, 1.54) is 23.2 Å². The number of benzene rings is 1. The van der Waals surface area contributed by atoms with Crippen molar-refractivity contribution in [1.82, 2.24) is 24.9 Å². The minimum Gasteiger partial charge on any atom is -0.459 e. The molecule has 1 aromatic carbocycles. The summed E-state index contributed by atoms with van der Waals surface area (Å²) in [6.07, 6.45) is 1.63. The highest BCUT2D eigenvalue weighted by Gasteiger charge is 2.23. The van der Waals surface area contributed by atoms with Crippen LogP contribution in [0.4, 0.5) is 5.13 Å². The average molecular weight is 493 g/mol. The Morgan fingerprint density at radius 3 is 2.63 bits per heavy atom. The zero-order chi connectivity index (χ0) is 24.2. The normalized spacial score (nSPS) is 14.3. The summed E-state index contributed by atoms with van der Waals surface area (Å²) in [4.78, 5) is 37.7. The van der Waals surface area contributed by atoms with Crippen LogP contribution < -0.4 is 5.32 Å². The van der Waals surface area contributed by atoms with Crippen LogP contribution in [-0.4, -0.2) is 62.9 Å². The van der Waals surface area contributed by atoms with E-state index in [1.807, 2.05) is 36.1 Å². The van der Waals surface area contributed by atoms with E-state index in [0.29, 0.717) is 42.2 Å². The maximum atomic E-state index is 12.8. The van der Waals surface area contributed by atoms with E-state index in [2.05, 4.69) is 25.3 Å². The Bertz CT molecular complexity index is 1290. The highest BCUT2D eigenvalue weighted by molar-refractivity contribution is 7.14. The maximum absolute atomic E-state index is 12.8. The molecule has 0 bridgehead atoms. The van der Waals surface area contributed by atoms with Crippen molar-refractivity contribution in [3.8, 4) is 11.4 Å². The summed E-state index contributed by atoms with van der Waals surface area (Å²) >= 11 is 1.28. The molecular formula is C24H24N6O4S. The zero-order valence-corrected chi connectivity index (χ0v) is 20.0. The third-order valence-electron chi connectivity index (χ3n) is 5.71. The quantitative estimate of drug-likeness (QED) is 0.418. The number of nitrogens with one attached hydrogen (secondary N) is 1. The Morgan fingerprint density at radius 2 is 1.89 bits per heavy atom. The molecule has 0 aliphatic carbocycles. The minimum absolute atomic E-state index is 0.0123. The first-order valence-electron chi connectivity index (χ1n) is 11.2. The number of furan rings is 1. The molecule has 0 radical (unpaired) electrons. The lowest BCUT2D eigenvalue weighted by atomic mass is 10.1. The second-order valence-corrected chi connectivity index (χ2v) is 9.14. The molecule has 1 fully saturated rings. The van der Waals surface area contributed by atoms with Gasteiger partial charge in [-0.25, -0.2) is 4.98 Å². The van der Waals surface area contributed by atoms with E-state index in [-0.39, 0.29) is 24.0 Å². The maximum Gasteiger partial charge on any atom is 0.293 e. The standard InChI is InChI=1S/C24H24N6O4S/c1-16-4-6-17(7-5-16)22-26-20(34-28-22)14-29-8-10-30(11-9-29)21(31)13-18-15-35-24(25-18)27-23(32)19-3-2-12-33-19/h2-7,12,15H,8-11,13-14H2,1H3,(H,25,27,32). The molecular weight excluding hydrogens is 468 g/mol. The number of aryl methyl sites for hydroxylation is 1. The number of amides is 2. The molecule has 10 nitrogen and oxygen atoms in total. The van der Waals surface area contributed by atoms with Crippen molar-refractivity contribution in [1.29, 1.82) is 0 Å². The van der Waals surface area contributed by atoms with Gasteiger partial charge in [-0.05, 0) is 19.1 Å². The summed E-state index contributed by atoms with van der Waals surface area (Å²) in [6.45, 7) is 5.25. The van der Waals surface area contributed by atoms with E-state index in [0.717, 1.165) is 18.7 Å². The van der Waals surface area contributed by atoms with E-state index >= 15 is 0 Å². The highest BCUT2D eigenvalue weighted by atomic mass is 32.1. The van der Waals surface area contributed by atoms with Gasteiger partial charge in [-0.15, -0.1) is 11.3 Å². The molecule has 0 unspecified atom stereocenters. The van der Waals surface area contributed by atoms with Crippen LogP contribution in [0.1, 0.15) is 27.7 Å². The van der Waals surface area contributed by atoms with E-state index < -0.39 is 0 Å². The third-order valence-corrected chi connectivity index (χ3v) is 6.52. The molecule has 0 saturated carbocycles. The first-order chi connectivity index (χ1) is 17.0. The summed E-state index contributed by atoms with van der Waals surface area (Å²) in [5, 5.41) is 8.99. The summed E-state index contributed by atoms with van der Waals surface area (Å²) in [7, 11) is 0. The number of hydrogen-bond donors (Lipinski definition) is 1. The van der Waals surface area contributed by atoms with Gasteiger partial charge in [-0.1, -0.05) is 35.0 Å². The van der Waals surface area contributed by atoms with Crippen LogP contribution in [0.3, 0.4) is 0 Å². The van der Waals surface area contributed by atoms with Crippen LogP contribution in [0, 0.1) is 6.92 Å². The van der Waals surface area contributed by atoms with Gasteiger partial charge in [0, 0.05) is 37.1 Å². The number of nitrogens with zero attached hydrogens (tertiary/aromatic N) is 5. The van der Waals surface area contributed by atoms with Crippen LogP contribution in [-0.2, 0) is 17.8 Å². The highest BCUT2D eigenvalue weighted by Crippen LogP contribution is 2.19. The summed E-state index contributed by atoms with van der Waals surface area (Å²) in [5.41, 5.74) is 2.73. The van der Waals surface area contributed by atoms with Crippen molar-refractivity contribution in [3.63, 3.8) is 0 Å². The Labute approximate surface area is 205 Å². The van der Waals surface area contributed by atoms with Crippen molar-refractivity contribution in [2.24, 2.45) is 0 Å². The van der Waals surface area contributed by atoms with Crippen LogP contribution in [0.15, 0.2) is 57.0 Å². The lowest BCUT2D eigenvalue weighted by molar-refractivity contribution is -0.132. The van der Waals surface area contributed by atoms with Gasteiger partial charge in [0.15, 0.2) is 10.9 Å². The molecule has 5 rings (SSSR count). The molecule has 1 N–H and O–H groups in total. The van der Waals surface area contributed by atoms with Crippen molar-refractivity contribution < 1.29 is 18.5 Å². The molecule has 1 saturated heterocycles. The predicted octanol–water partition coefficient (Wildman–Crippen LogP) is 3.23. The fourth-order valence-electron chi connectivity index (χ4n) is 3.76. The zero-order valence-electron chi connectivity index (χ0n) is 19.1. The summed E-state index contributed by atoms with van der Waals surface area (Å²) in [6, 6.07) is 11.2. The SMILES string of the molecule is Cc1ccc(-c2noc(CN3CCN(C(=O)Cc4csc(NC(=O)c5ccco5)n4)CC3)n2)cc1. The third kappa shape index (κ3) is 5.64. The van der Waals surface area contributed by atoms with Crippen molar-refractivity contribution in [3.05, 3.63) is 70.9 Å². The monoisotopic (exact) mass is 492 g/mol. The second kappa shape index (κ2) is 10.2. The van der Waals surface area contributed by atoms with Gasteiger partial charge in [0.2, 0.25) is 17.6 Å². The average Bonchev–Trinajstić information content (AvgIpc) is 3.63. The summed E-state index contributed by atoms with van der Waals surface area (Å²) in [5.74, 6) is 0.996. The Morgan fingerprint density at radius 1 is 1.09 bits per heavy atom. The summed E-state index contributed by atoms with van der Waals surface area (Å²) < 4.78 is 10.5. The molecule has 0 spiro atoms. The van der Waals surface area contributed by atoms with Crippen LogP contribution in [0.5, 0.6) is 0 Å². The molecule has 180 valence electrons. The van der Waals surface area contributed by atoms with E-state index in [1.54, 1.807) is 17.5 Å². The van der Waals surface area contributed by atoms with Gasteiger partial charge in [0.05, 0.1) is 24.9 Å². The lowest BCUT2D eigenvalue weighted by Gasteiger charge is -2.33. The van der Waals surface area contributed by atoms with Gasteiger partial charge in [0.25, 0.3) is 5.91 Å². The number of anilines is 1. The largest absolute Gasteiger partial charge is 0.459 e. The Hall–Kier alpha value is -3.83. The van der Waals surface area contributed by atoms with Gasteiger partial charge >= 0.3 is 0 Å². The number of piperazine rings is 1. The van der Waals surface area contributed by atoms with Crippen LogP contribution in [0.25, 0.3) is 11.4 Å². The topological polar surface area (TPSA) is 118 Å².